The summed E-state index contributed by atoms with van der Waals surface area (Å²) in [7, 11) is 1.57. The monoisotopic (exact) mass is 267 g/mol. The Morgan fingerprint density at radius 3 is 2.85 bits per heavy atom. The van der Waals surface area contributed by atoms with Crippen molar-refractivity contribution in [3.63, 3.8) is 0 Å². The van der Waals surface area contributed by atoms with E-state index in [2.05, 4.69) is 23.3 Å². The lowest BCUT2D eigenvalue weighted by molar-refractivity contribution is 0.413. The van der Waals surface area contributed by atoms with Gasteiger partial charge in [-0.1, -0.05) is 6.07 Å². The van der Waals surface area contributed by atoms with Gasteiger partial charge in [-0.05, 0) is 41.8 Å². The highest BCUT2D eigenvalue weighted by molar-refractivity contribution is 5.45. The van der Waals surface area contributed by atoms with Gasteiger partial charge >= 0.3 is 0 Å². The van der Waals surface area contributed by atoms with E-state index in [1.807, 2.05) is 30.5 Å². The molecule has 20 heavy (non-hydrogen) atoms. The van der Waals surface area contributed by atoms with Crippen LogP contribution < -0.4 is 10.1 Å². The number of benzene rings is 1. The van der Waals surface area contributed by atoms with Gasteiger partial charge in [0.1, 0.15) is 11.8 Å². The van der Waals surface area contributed by atoms with Gasteiger partial charge < -0.3 is 10.1 Å². The van der Waals surface area contributed by atoms with Gasteiger partial charge in [0.05, 0.1) is 12.7 Å². The SMILES string of the molecule is COc1ccc(CNCc2cnccc2C)cc1C#N. The third kappa shape index (κ3) is 3.34. The number of ether oxygens (including phenoxy) is 1. The molecule has 0 aliphatic heterocycles. The highest BCUT2D eigenvalue weighted by atomic mass is 16.5. The summed E-state index contributed by atoms with van der Waals surface area (Å²) in [5.74, 6) is 0.611. The van der Waals surface area contributed by atoms with E-state index in [1.165, 1.54) is 11.1 Å². The van der Waals surface area contributed by atoms with Crippen molar-refractivity contribution >= 4 is 0 Å². The van der Waals surface area contributed by atoms with Gasteiger partial charge in [0.25, 0.3) is 0 Å². The highest BCUT2D eigenvalue weighted by Crippen LogP contribution is 2.18. The summed E-state index contributed by atoms with van der Waals surface area (Å²) in [6.07, 6.45) is 3.67. The van der Waals surface area contributed by atoms with Crippen LogP contribution in [0.1, 0.15) is 22.3 Å². The molecule has 0 amide bonds. The molecular weight excluding hydrogens is 250 g/mol. The van der Waals surface area contributed by atoms with Crippen LogP contribution in [0.4, 0.5) is 0 Å². The molecule has 0 fully saturated rings. The number of nitrogens with one attached hydrogen (secondary N) is 1. The maximum Gasteiger partial charge on any atom is 0.136 e. The first-order valence-electron chi connectivity index (χ1n) is 6.42. The fraction of sp³-hybridized carbons (Fsp3) is 0.250. The number of nitriles is 1. The smallest absolute Gasteiger partial charge is 0.136 e. The zero-order valence-corrected chi connectivity index (χ0v) is 11.7. The molecule has 0 aliphatic carbocycles. The first-order chi connectivity index (χ1) is 9.74. The first kappa shape index (κ1) is 14.0. The van der Waals surface area contributed by atoms with Crippen molar-refractivity contribution in [3.05, 3.63) is 58.9 Å². The molecule has 4 nitrogen and oxygen atoms in total. The van der Waals surface area contributed by atoms with Crippen LogP contribution >= 0.6 is 0 Å². The molecule has 1 heterocycles. The highest BCUT2D eigenvalue weighted by Gasteiger charge is 2.04. The fourth-order valence-corrected chi connectivity index (χ4v) is 1.98. The summed E-state index contributed by atoms with van der Waals surface area (Å²) in [5.41, 5.74) is 4.02. The second kappa shape index (κ2) is 6.69. The maximum atomic E-state index is 9.06. The topological polar surface area (TPSA) is 57.9 Å². The Morgan fingerprint density at radius 1 is 1.30 bits per heavy atom. The van der Waals surface area contributed by atoms with Crippen molar-refractivity contribution in [1.29, 1.82) is 5.26 Å². The van der Waals surface area contributed by atoms with Crippen molar-refractivity contribution in [2.24, 2.45) is 0 Å². The zero-order chi connectivity index (χ0) is 14.4. The Balaban J connectivity index is 1.98. The molecule has 0 saturated carbocycles. The average molecular weight is 267 g/mol. The van der Waals surface area contributed by atoms with E-state index in [0.29, 0.717) is 17.9 Å². The molecule has 0 saturated heterocycles. The third-order valence-electron chi connectivity index (χ3n) is 3.18. The molecule has 0 bridgehead atoms. The summed E-state index contributed by atoms with van der Waals surface area (Å²) in [5, 5.41) is 12.4. The Bertz CT molecular complexity index is 632. The van der Waals surface area contributed by atoms with Crippen LogP contribution in [0.5, 0.6) is 5.75 Å². The van der Waals surface area contributed by atoms with Crippen LogP contribution in [-0.4, -0.2) is 12.1 Å². The molecular formula is C16H17N3O. The van der Waals surface area contributed by atoms with Crippen LogP contribution in [0.3, 0.4) is 0 Å². The summed E-state index contributed by atoms with van der Waals surface area (Å²) < 4.78 is 5.13. The molecule has 0 aliphatic rings. The quantitative estimate of drug-likeness (QED) is 0.904. The van der Waals surface area contributed by atoms with Crippen LogP contribution in [0.15, 0.2) is 36.7 Å². The predicted octanol–water partition coefficient (Wildman–Crippen LogP) is 2.56. The minimum Gasteiger partial charge on any atom is -0.495 e. The average Bonchev–Trinajstić information content (AvgIpc) is 2.49. The van der Waals surface area contributed by atoms with Crippen molar-refractivity contribution in [2.75, 3.05) is 7.11 Å². The lowest BCUT2D eigenvalue weighted by atomic mass is 10.1. The molecule has 2 aromatic rings. The summed E-state index contributed by atoms with van der Waals surface area (Å²) in [6.45, 7) is 3.53. The molecule has 0 radical (unpaired) electrons. The molecule has 102 valence electrons. The fourth-order valence-electron chi connectivity index (χ4n) is 1.98. The standard InChI is InChI=1S/C16H17N3O/c1-12-5-6-18-10-15(12)11-19-9-13-3-4-16(20-2)14(7-13)8-17/h3-7,10,19H,9,11H2,1-2H3. The first-order valence-corrected chi connectivity index (χ1v) is 6.42. The Kier molecular flexibility index (Phi) is 4.70. The minimum atomic E-state index is 0.560. The lowest BCUT2D eigenvalue weighted by Gasteiger charge is -2.09. The molecule has 1 N–H and O–H groups in total. The van der Waals surface area contributed by atoms with E-state index in [-0.39, 0.29) is 0 Å². The van der Waals surface area contributed by atoms with E-state index in [4.69, 9.17) is 10.00 Å². The molecule has 2 rings (SSSR count). The van der Waals surface area contributed by atoms with E-state index in [9.17, 15) is 0 Å². The van der Waals surface area contributed by atoms with E-state index >= 15 is 0 Å². The Labute approximate surface area is 119 Å². The second-order valence-corrected chi connectivity index (χ2v) is 4.55. The van der Waals surface area contributed by atoms with E-state index in [1.54, 1.807) is 13.3 Å². The van der Waals surface area contributed by atoms with E-state index < -0.39 is 0 Å². The molecule has 0 atom stereocenters. The zero-order valence-electron chi connectivity index (χ0n) is 11.7. The number of methoxy groups -OCH3 is 1. The maximum absolute atomic E-state index is 9.06. The summed E-state index contributed by atoms with van der Waals surface area (Å²) >= 11 is 0. The largest absolute Gasteiger partial charge is 0.495 e. The van der Waals surface area contributed by atoms with Gasteiger partial charge in [-0.3, -0.25) is 4.98 Å². The van der Waals surface area contributed by atoms with Crippen LogP contribution in [-0.2, 0) is 13.1 Å². The van der Waals surface area contributed by atoms with Gasteiger partial charge in [0, 0.05) is 25.5 Å². The molecule has 0 unspecified atom stereocenters. The minimum absolute atomic E-state index is 0.560. The number of pyridine rings is 1. The van der Waals surface area contributed by atoms with Crippen LogP contribution in [0.25, 0.3) is 0 Å². The summed E-state index contributed by atoms with van der Waals surface area (Å²) in [6, 6.07) is 9.77. The van der Waals surface area contributed by atoms with Gasteiger partial charge in [-0.25, -0.2) is 0 Å². The van der Waals surface area contributed by atoms with Crippen LogP contribution in [0.2, 0.25) is 0 Å². The Hall–Kier alpha value is -2.38. The number of aryl methyl sites for hydroxylation is 1. The van der Waals surface area contributed by atoms with E-state index in [0.717, 1.165) is 12.1 Å². The van der Waals surface area contributed by atoms with Crippen LogP contribution in [0, 0.1) is 18.3 Å². The number of hydrogen-bond donors (Lipinski definition) is 1. The molecule has 1 aromatic heterocycles. The third-order valence-corrected chi connectivity index (χ3v) is 3.18. The number of nitrogens with zero attached hydrogens (tertiary/aromatic N) is 2. The van der Waals surface area contributed by atoms with Gasteiger partial charge in [-0.15, -0.1) is 0 Å². The van der Waals surface area contributed by atoms with Crippen molar-refractivity contribution in [1.82, 2.24) is 10.3 Å². The molecule has 0 spiro atoms. The van der Waals surface area contributed by atoms with Crippen molar-refractivity contribution < 1.29 is 4.74 Å². The number of hydrogen-bond acceptors (Lipinski definition) is 4. The van der Waals surface area contributed by atoms with Gasteiger partial charge in [-0.2, -0.15) is 5.26 Å². The number of aromatic nitrogens is 1. The van der Waals surface area contributed by atoms with Gasteiger partial charge in [0.15, 0.2) is 0 Å². The predicted molar refractivity (Wildman–Crippen MR) is 77.2 cm³/mol. The van der Waals surface area contributed by atoms with Crippen molar-refractivity contribution in [3.8, 4) is 11.8 Å². The number of rotatable bonds is 5. The van der Waals surface area contributed by atoms with Crippen molar-refractivity contribution in [2.45, 2.75) is 20.0 Å². The van der Waals surface area contributed by atoms with Gasteiger partial charge in [0.2, 0.25) is 0 Å². The molecule has 1 aromatic carbocycles. The summed E-state index contributed by atoms with van der Waals surface area (Å²) in [4.78, 5) is 4.12. The normalized spacial score (nSPS) is 10.1. The lowest BCUT2D eigenvalue weighted by Crippen LogP contribution is -2.13. The second-order valence-electron chi connectivity index (χ2n) is 4.55. The Morgan fingerprint density at radius 2 is 2.15 bits per heavy atom. The molecule has 4 heteroatoms.